The van der Waals surface area contributed by atoms with Gasteiger partial charge in [0.2, 0.25) is 5.91 Å². The molecule has 5 nitrogen and oxygen atoms in total. The van der Waals surface area contributed by atoms with E-state index in [4.69, 9.17) is 0 Å². The number of rotatable bonds is 5. The Morgan fingerprint density at radius 3 is 2.44 bits per heavy atom. The molecule has 2 amide bonds. The molecule has 2 aromatic carbocycles. The van der Waals surface area contributed by atoms with Gasteiger partial charge in [-0.05, 0) is 42.7 Å². The third-order valence-electron chi connectivity index (χ3n) is 5.40. The lowest BCUT2D eigenvalue weighted by atomic mass is 9.97. The molecule has 1 fully saturated rings. The van der Waals surface area contributed by atoms with Crippen LogP contribution < -0.4 is 5.32 Å². The number of carbonyl (C=O) groups is 2. The summed E-state index contributed by atoms with van der Waals surface area (Å²) in [5, 5.41) is 4.96. The monoisotopic (exact) mass is 459 g/mol. The van der Waals surface area contributed by atoms with Gasteiger partial charge < -0.3 is 10.2 Å². The molecule has 3 aromatic rings. The van der Waals surface area contributed by atoms with Crippen molar-refractivity contribution in [3.05, 3.63) is 81.6 Å². The van der Waals surface area contributed by atoms with E-state index in [1.54, 1.807) is 22.4 Å². The van der Waals surface area contributed by atoms with Gasteiger partial charge in [-0.25, -0.2) is 18.2 Å². The molecule has 1 aliphatic rings. The van der Waals surface area contributed by atoms with Gasteiger partial charge in [0, 0.05) is 36.1 Å². The summed E-state index contributed by atoms with van der Waals surface area (Å²) in [5.74, 6) is -2.71. The summed E-state index contributed by atoms with van der Waals surface area (Å²) in [6.45, 7) is 1.17. The molecule has 0 spiro atoms. The zero-order chi connectivity index (χ0) is 22.7. The first-order valence-electron chi connectivity index (χ1n) is 10.1. The van der Waals surface area contributed by atoms with E-state index in [1.807, 2.05) is 0 Å². The first kappa shape index (κ1) is 22.0. The number of nitrogens with one attached hydrogen (secondary N) is 1. The molecular weight excluding hydrogens is 439 g/mol. The molecule has 1 N–H and O–H groups in total. The maximum atomic E-state index is 13.3. The summed E-state index contributed by atoms with van der Waals surface area (Å²) >= 11 is 1.37. The van der Waals surface area contributed by atoms with Gasteiger partial charge in [0.05, 0.1) is 11.4 Å². The van der Waals surface area contributed by atoms with Crippen LogP contribution in [0.25, 0.3) is 0 Å². The van der Waals surface area contributed by atoms with Gasteiger partial charge in [-0.1, -0.05) is 12.1 Å². The maximum Gasteiger partial charge on any atom is 0.275 e. The highest BCUT2D eigenvalue weighted by Gasteiger charge is 2.26. The van der Waals surface area contributed by atoms with E-state index in [0.29, 0.717) is 13.1 Å². The zero-order valence-electron chi connectivity index (χ0n) is 17.0. The summed E-state index contributed by atoms with van der Waals surface area (Å²) in [6, 6.07) is 9.06. The van der Waals surface area contributed by atoms with E-state index in [1.165, 1.54) is 29.5 Å². The number of halogens is 3. The lowest BCUT2D eigenvalue weighted by molar-refractivity contribution is -0.131. The van der Waals surface area contributed by atoms with Gasteiger partial charge in [0.25, 0.3) is 5.91 Å². The Bertz CT molecular complexity index is 1130. The number of amides is 2. The number of aromatic nitrogens is 1. The fourth-order valence-electron chi connectivity index (χ4n) is 3.61. The van der Waals surface area contributed by atoms with Crippen LogP contribution >= 0.6 is 11.3 Å². The Morgan fingerprint density at radius 2 is 1.75 bits per heavy atom. The zero-order valence-corrected chi connectivity index (χ0v) is 17.8. The van der Waals surface area contributed by atoms with E-state index >= 15 is 0 Å². The van der Waals surface area contributed by atoms with Crippen molar-refractivity contribution in [2.45, 2.75) is 25.2 Å². The number of carbonyl (C=O) groups excluding carboxylic acids is 2. The molecule has 0 atom stereocenters. The van der Waals surface area contributed by atoms with Crippen LogP contribution in [0.15, 0.2) is 47.8 Å². The van der Waals surface area contributed by atoms with Crippen molar-refractivity contribution in [2.75, 3.05) is 18.4 Å². The lowest BCUT2D eigenvalue weighted by Crippen LogP contribution is -2.38. The fourth-order valence-corrected chi connectivity index (χ4v) is 4.58. The molecule has 0 bridgehead atoms. The van der Waals surface area contributed by atoms with Crippen molar-refractivity contribution >= 4 is 28.8 Å². The van der Waals surface area contributed by atoms with Crippen LogP contribution in [-0.2, 0) is 11.2 Å². The van der Waals surface area contributed by atoms with Crippen LogP contribution in [0.3, 0.4) is 0 Å². The number of nitrogens with zero attached hydrogens (tertiary/aromatic N) is 2. The number of hydrogen-bond donors (Lipinski definition) is 1. The van der Waals surface area contributed by atoms with E-state index < -0.39 is 17.5 Å². The summed E-state index contributed by atoms with van der Waals surface area (Å²) in [4.78, 5) is 31.1. The minimum Gasteiger partial charge on any atom is -0.342 e. The highest BCUT2D eigenvalue weighted by Crippen LogP contribution is 2.31. The van der Waals surface area contributed by atoms with Crippen LogP contribution in [0, 0.1) is 17.5 Å². The molecule has 1 saturated heterocycles. The van der Waals surface area contributed by atoms with Crippen molar-refractivity contribution in [3.8, 4) is 0 Å². The quantitative estimate of drug-likeness (QED) is 0.598. The first-order valence-corrected chi connectivity index (χ1v) is 11.0. The van der Waals surface area contributed by atoms with E-state index in [0.717, 1.165) is 35.5 Å². The Morgan fingerprint density at radius 1 is 1.03 bits per heavy atom. The SMILES string of the molecule is O=C(Nc1ccc(F)c(F)c1)c1csc(C2CCN(C(=O)Cc3ccc(F)cc3)CC2)n1. The van der Waals surface area contributed by atoms with Gasteiger partial charge in [-0.15, -0.1) is 11.3 Å². The van der Waals surface area contributed by atoms with Crippen molar-refractivity contribution in [3.63, 3.8) is 0 Å². The highest BCUT2D eigenvalue weighted by molar-refractivity contribution is 7.10. The van der Waals surface area contributed by atoms with Crippen LogP contribution in [0.4, 0.5) is 18.9 Å². The minimum absolute atomic E-state index is 0.000735. The number of likely N-dealkylation sites (tertiary alicyclic amines) is 1. The molecule has 1 aliphatic heterocycles. The first-order chi connectivity index (χ1) is 15.4. The topological polar surface area (TPSA) is 62.3 Å². The van der Waals surface area contributed by atoms with Crippen LogP contribution in [0.5, 0.6) is 0 Å². The molecule has 2 heterocycles. The normalized spacial score (nSPS) is 14.4. The number of piperidine rings is 1. The van der Waals surface area contributed by atoms with Gasteiger partial charge >= 0.3 is 0 Å². The molecule has 0 aliphatic carbocycles. The summed E-state index contributed by atoms with van der Waals surface area (Å²) < 4.78 is 39.4. The van der Waals surface area contributed by atoms with Gasteiger partial charge in [0.1, 0.15) is 11.5 Å². The van der Waals surface area contributed by atoms with Gasteiger partial charge in [-0.3, -0.25) is 9.59 Å². The second-order valence-electron chi connectivity index (χ2n) is 7.61. The predicted octanol–water partition coefficient (Wildman–Crippen LogP) is 4.76. The standard InChI is InChI=1S/C23H20F3N3O2S/c24-16-3-1-14(2-4-16)11-21(30)29-9-7-15(8-10-29)23-28-20(13-32-23)22(31)27-17-5-6-18(25)19(26)12-17/h1-6,12-13,15H,7-11H2,(H,27,31). The van der Waals surface area contributed by atoms with E-state index in [9.17, 15) is 22.8 Å². The average molecular weight is 459 g/mol. The average Bonchev–Trinajstić information content (AvgIpc) is 3.28. The lowest BCUT2D eigenvalue weighted by Gasteiger charge is -2.31. The Kier molecular flexibility index (Phi) is 6.55. The Labute approximate surface area is 186 Å². The minimum atomic E-state index is -1.04. The number of hydrogen-bond acceptors (Lipinski definition) is 4. The third kappa shape index (κ3) is 5.16. The van der Waals surface area contributed by atoms with E-state index in [-0.39, 0.29) is 35.4 Å². The van der Waals surface area contributed by atoms with Crippen LogP contribution in [-0.4, -0.2) is 34.8 Å². The smallest absolute Gasteiger partial charge is 0.275 e. The molecule has 0 unspecified atom stereocenters. The molecular formula is C23H20F3N3O2S. The third-order valence-corrected chi connectivity index (χ3v) is 6.40. The summed E-state index contributed by atoms with van der Waals surface area (Å²) in [6.07, 6.45) is 1.69. The second kappa shape index (κ2) is 9.52. The number of thiazole rings is 1. The number of anilines is 1. The highest BCUT2D eigenvalue weighted by atomic mass is 32.1. The van der Waals surface area contributed by atoms with Crippen LogP contribution in [0.1, 0.15) is 39.8 Å². The molecule has 1 aromatic heterocycles. The van der Waals surface area contributed by atoms with Gasteiger partial charge in [-0.2, -0.15) is 0 Å². The van der Waals surface area contributed by atoms with Gasteiger partial charge in [0.15, 0.2) is 11.6 Å². The predicted molar refractivity (Wildman–Crippen MR) is 115 cm³/mol. The largest absolute Gasteiger partial charge is 0.342 e. The Balaban J connectivity index is 1.31. The molecule has 32 heavy (non-hydrogen) atoms. The summed E-state index contributed by atoms with van der Waals surface area (Å²) in [5.41, 5.74) is 1.14. The van der Waals surface area contributed by atoms with Crippen molar-refractivity contribution < 1.29 is 22.8 Å². The number of benzene rings is 2. The molecule has 9 heteroatoms. The molecule has 166 valence electrons. The Hall–Kier alpha value is -3.20. The van der Waals surface area contributed by atoms with Crippen LogP contribution in [0.2, 0.25) is 0 Å². The fraction of sp³-hybridized carbons (Fsp3) is 0.261. The molecule has 0 saturated carbocycles. The molecule has 4 rings (SSSR count). The molecule has 0 radical (unpaired) electrons. The van der Waals surface area contributed by atoms with Crippen molar-refractivity contribution in [1.29, 1.82) is 0 Å². The summed E-state index contributed by atoms with van der Waals surface area (Å²) in [7, 11) is 0. The van der Waals surface area contributed by atoms with Crippen molar-refractivity contribution in [2.24, 2.45) is 0 Å². The van der Waals surface area contributed by atoms with Crippen molar-refractivity contribution in [1.82, 2.24) is 9.88 Å². The van der Waals surface area contributed by atoms with E-state index in [2.05, 4.69) is 10.3 Å². The second-order valence-corrected chi connectivity index (χ2v) is 8.50. The maximum absolute atomic E-state index is 13.3.